The Morgan fingerprint density at radius 1 is 1.25 bits per heavy atom. The van der Waals surface area contributed by atoms with Crippen LogP contribution in [0.3, 0.4) is 0 Å². The number of nitriles is 1. The maximum Gasteiger partial charge on any atom is 0.261 e. The zero-order chi connectivity index (χ0) is 19.5. The van der Waals surface area contributed by atoms with Crippen LogP contribution in [-0.4, -0.2) is 34.7 Å². The van der Waals surface area contributed by atoms with E-state index in [2.05, 4.69) is 20.9 Å². The molecule has 0 saturated carbocycles. The van der Waals surface area contributed by atoms with Crippen molar-refractivity contribution < 1.29 is 4.74 Å². The molecule has 0 aliphatic carbocycles. The van der Waals surface area contributed by atoms with Crippen LogP contribution in [0, 0.1) is 17.2 Å². The second-order valence-corrected chi connectivity index (χ2v) is 7.00. The van der Waals surface area contributed by atoms with Crippen molar-refractivity contribution in [2.45, 2.75) is 19.4 Å². The van der Waals surface area contributed by atoms with E-state index in [0.29, 0.717) is 34.7 Å². The summed E-state index contributed by atoms with van der Waals surface area (Å²) in [6, 6.07) is 11.1. The second-order valence-electron chi connectivity index (χ2n) is 7.00. The Labute approximate surface area is 162 Å². The number of pyridine rings is 1. The minimum absolute atomic E-state index is 0.0217. The largest absolute Gasteiger partial charge is 0.497 e. The number of piperidine rings is 1. The number of nitrogens with zero attached hydrogens (tertiary/aromatic N) is 5. The van der Waals surface area contributed by atoms with E-state index in [-0.39, 0.29) is 5.56 Å². The highest BCUT2D eigenvalue weighted by Gasteiger charge is 2.22. The standard InChI is InChI=1S/C21H21N5O2/c1-28-17-4-5-18-19(11-17)24-14-26(21(18)27)13-15-6-9-25(10-7-15)20-16(12-22)3-2-8-23-20/h2-5,8,11,14-15H,6-7,9-10,13H2,1H3. The van der Waals surface area contributed by atoms with Crippen molar-refractivity contribution in [2.75, 3.05) is 25.1 Å². The van der Waals surface area contributed by atoms with Crippen molar-refractivity contribution >= 4 is 16.7 Å². The molecular formula is C21H21N5O2. The van der Waals surface area contributed by atoms with Gasteiger partial charge >= 0.3 is 0 Å². The predicted molar refractivity (Wildman–Crippen MR) is 106 cm³/mol. The van der Waals surface area contributed by atoms with Gasteiger partial charge in [-0.25, -0.2) is 9.97 Å². The first-order valence-electron chi connectivity index (χ1n) is 9.33. The van der Waals surface area contributed by atoms with Crippen LogP contribution in [0.15, 0.2) is 47.7 Å². The van der Waals surface area contributed by atoms with Gasteiger partial charge in [0.25, 0.3) is 5.56 Å². The average Bonchev–Trinajstić information content (AvgIpc) is 2.76. The maximum atomic E-state index is 12.8. The van der Waals surface area contributed by atoms with Gasteiger partial charge in [0.1, 0.15) is 17.6 Å². The first-order valence-corrected chi connectivity index (χ1v) is 9.33. The van der Waals surface area contributed by atoms with E-state index >= 15 is 0 Å². The van der Waals surface area contributed by atoms with E-state index < -0.39 is 0 Å². The first-order chi connectivity index (χ1) is 13.7. The molecule has 1 saturated heterocycles. The normalized spacial score (nSPS) is 14.8. The highest BCUT2D eigenvalue weighted by atomic mass is 16.5. The summed E-state index contributed by atoms with van der Waals surface area (Å²) >= 11 is 0. The van der Waals surface area contributed by atoms with Gasteiger partial charge in [-0.3, -0.25) is 9.36 Å². The number of benzene rings is 1. The lowest BCUT2D eigenvalue weighted by molar-refractivity contribution is 0.351. The summed E-state index contributed by atoms with van der Waals surface area (Å²) in [4.78, 5) is 23.8. The molecule has 0 N–H and O–H groups in total. The van der Waals surface area contributed by atoms with Gasteiger partial charge in [-0.1, -0.05) is 0 Å². The molecule has 0 bridgehead atoms. The smallest absolute Gasteiger partial charge is 0.261 e. The van der Waals surface area contributed by atoms with E-state index in [9.17, 15) is 10.1 Å². The molecule has 7 heteroatoms. The number of methoxy groups -OCH3 is 1. The molecule has 0 unspecified atom stereocenters. The Morgan fingerprint density at radius 3 is 2.82 bits per heavy atom. The van der Waals surface area contributed by atoms with E-state index in [4.69, 9.17) is 4.74 Å². The second kappa shape index (κ2) is 7.69. The van der Waals surface area contributed by atoms with Crippen molar-refractivity contribution in [1.29, 1.82) is 5.26 Å². The Hall–Kier alpha value is -3.40. The van der Waals surface area contributed by atoms with Gasteiger partial charge in [-0.05, 0) is 43.0 Å². The van der Waals surface area contributed by atoms with Crippen LogP contribution in [0.2, 0.25) is 0 Å². The summed E-state index contributed by atoms with van der Waals surface area (Å²) in [6.07, 6.45) is 5.23. The minimum atomic E-state index is -0.0217. The third-order valence-corrected chi connectivity index (χ3v) is 5.31. The van der Waals surface area contributed by atoms with Gasteiger partial charge in [-0.15, -0.1) is 0 Å². The van der Waals surface area contributed by atoms with Crippen molar-refractivity contribution in [1.82, 2.24) is 14.5 Å². The van der Waals surface area contributed by atoms with Crippen molar-refractivity contribution in [3.8, 4) is 11.8 Å². The Morgan fingerprint density at radius 2 is 2.07 bits per heavy atom. The molecule has 1 fully saturated rings. The Kier molecular flexibility index (Phi) is 4.94. The molecule has 0 radical (unpaired) electrons. The molecule has 0 spiro atoms. The van der Waals surface area contributed by atoms with Crippen LogP contribution in [0.1, 0.15) is 18.4 Å². The lowest BCUT2D eigenvalue weighted by Crippen LogP contribution is -2.37. The highest BCUT2D eigenvalue weighted by molar-refractivity contribution is 5.78. The van der Waals surface area contributed by atoms with Gasteiger partial charge in [0.15, 0.2) is 0 Å². The SMILES string of the molecule is COc1ccc2c(=O)n(CC3CCN(c4ncccc4C#N)CC3)cnc2c1. The molecule has 1 aliphatic heterocycles. The predicted octanol–water partition coefficient (Wildman–Crippen LogP) is 2.59. The molecule has 1 aliphatic rings. The molecule has 0 amide bonds. The van der Waals surface area contributed by atoms with Crippen LogP contribution in [0.4, 0.5) is 5.82 Å². The zero-order valence-electron chi connectivity index (χ0n) is 15.7. The van der Waals surface area contributed by atoms with Gasteiger partial charge in [-0.2, -0.15) is 5.26 Å². The number of ether oxygens (including phenoxy) is 1. The number of rotatable bonds is 4. The molecule has 28 heavy (non-hydrogen) atoms. The molecule has 7 nitrogen and oxygen atoms in total. The molecule has 3 heterocycles. The molecule has 4 rings (SSSR count). The summed E-state index contributed by atoms with van der Waals surface area (Å²) in [5.74, 6) is 1.83. The third-order valence-electron chi connectivity index (χ3n) is 5.31. The molecule has 142 valence electrons. The van der Waals surface area contributed by atoms with Crippen LogP contribution in [0.25, 0.3) is 10.9 Å². The zero-order valence-corrected chi connectivity index (χ0v) is 15.7. The maximum absolute atomic E-state index is 12.8. The third kappa shape index (κ3) is 3.41. The van der Waals surface area contributed by atoms with Crippen molar-refractivity contribution in [3.63, 3.8) is 0 Å². The van der Waals surface area contributed by atoms with Crippen LogP contribution in [0.5, 0.6) is 5.75 Å². The number of hydrogen-bond donors (Lipinski definition) is 0. The number of anilines is 1. The average molecular weight is 375 g/mol. The molecule has 3 aromatic rings. The lowest BCUT2D eigenvalue weighted by atomic mass is 9.96. The Balaban J connectivity index is 1.47. The van der Waals surface area contributed by atoms with Crippen LogP contribution in [-0.2, 0) is 6.54 Å². The highest BCUT2D eigenvalue weighted by Crippen LogP contribution is 2.25. The van der Waals surface area contributed by atoms with E-state index in [1.807, 2.05) is 0 Å². The molecule has 0 atom stereocenters. The number of fused-ring (bicyclic) bond motifs is 1. The molecular weight excluding hydrogens is 354 g/mol. The van der Waals surface area contributed by atoms with Crippen molar-refractivity contribution in [3.05, 3.63) is 58.8 Å². The van der Waals surface area contributed by atoms with Gasteiger partial charge in [0.05, 0.1) is 29.9 Å². The van der Waals surface area contributed by atoms with Gasteiger partial charge in [0.2, 0.25) is 0 Å². The van der Waals surface area contributed by atoms with Crippen molar-refractivity contribution in [2.24, 2.45) is 5.92 Å². The first kappa shape index (κ1) is 18.0. The summed E-state index contributed by atoms with van der Waals surface area (Å²) in [6.45, 7) is 2.29. The van der Waals surface area contributed by atoms with E-state index in [0.717, 1.165) is 31.7 Å². The van der Waals surface area contributed by atoms with Crippen LogP contribution < -0.4 is 15.2 Å². The topological polar surface area (TPSA) is 84.0 Å². The van der Waals surface area contributed by atoms with E-state index in [1.165, 1.54) is 0 Å². The fourth-order valence-electron chi connectivity index (χ4n) is 3.74. The number of hydrogen-bond acceptors (Lipinski definition) is 6. The monoisotopic (exact) mass is 375 g/mol. The Bertz CT molecular complexity index is 1090. The fourth-order valence-corrected chi connectivity index (χ4v) is 3.74. The van der Waals surface area contributed by atoms with E-state index in [1.54, 1.807) is 54.5 Å². The minimum Gasteiger partial charge on any atom is -0.497 e. The molecule has 1 aromatic carbocycles. The van der Waals surface area contributed by atoms with Crippen LogP contribution >= 0.6 is 0 Å². The number of aromatic nitrogens is 3. The summed E-state index contributed by atoms with van der Waals surface area (Å²) in [5.41, 5.74) is 1.23. The van der Waals surface area contributed by atoms with Gasteiger partial charge < -0.3 is 9.64 Å². The summed E-state index contributed by atoms with van der Waals surface area (Å²) < 4.78 is 6.90. The molecule has 2 aromatic heterocycles. The lowest BCUT2D eigenvalue weighted by Gasteiger charge is -2.33. The summed E-state index contributed by atoms with van der Waals surface area (Å²) in [7, 11) is 1.60. The fraction of sp³-hybridized carbons (Fsp3) is 0.333. The summed E-state index contributed by atoms with van der Waals surface area (Å²) in [5, 5.41) is 9.88. The van der Waals surface area contributed by atoms with Gasteiger partial charge in [0, 0.05) is 31.9 Å². The quantitative estimate of drug-likeness (QED) is 0.697.